The van der Waals surface area contributed by atoms with E-state index in [1.54, 1.807) is 17.4 Å². The number of rotatable bonds is 5. The normalized spacial score (nSPS) is 12.6. The summed E-state index contributed by atoms with van der Waals surface area (Å²) in [6, 6.07) is 7.59. The lowest BCUT2D eigenvalue weighted by atomic mass is 10.1. The van der Waals surface area contributed by atoms with Crippen LogP contribution in [0.25, 0.3) is 0 Å². The highest BCUT2D eigenvalue weighted by Crippen LogP contribution is 2.22. The highest BCUT2D eigenvalue weighted by molar-refractivity contribution is 7.09. The Morgan fingerprint density at radius 2 is 2.17 bits per heavy atom. The average Bonchev–Trinajstić information content (AvgIpc) is 2.75. The summed E-state index contributed by atoms with van der Waals surface area (Å²) in [6.07, 6.45) is 0.927. The van der Waals surface area contributed by atoms with Crippen LogP contribution in [0.15, 0.2) is 29.6 Å². The van der Waals surface area contributed by atoms with Crippen molar-refractivity contribution in [1.29, 1.82) is 0 Å². The number of benzene rings is 1. The minimum Gasteiger partial charge on any atom is -0.508 e. The van der Waals surface area contributed by atoms with Crippen LogP contribution in [-0.2, 0) is 6.42 Å². The van der Waals surface area contributed by atoms with E-state index < -0.39 is 0 Å². The molecule has 1 aromatic heterocycles. The summed E-state index contributed by atoms with van der Waals surface area (Å²) >= 11 is 1.70. The van der Waals surface area contributed by atoms with Crippen LogP contribution in [-0.4, -0.2) is 16.6 Å². The van der Waals surface area contributed by atoms with Crippen LogP contribution in [0.1, 0.15) is 29.2 Å². The van der Waals surface area contributed by atoms with Crippen molar-refractivity contribution < 1.29 is 5.11 Å². The number of hydrogen-bond donors (Lipinski definition) is 2. The summed E-state index contributed by atoms with van der Waals surface area (Å²) in [7, 11) is 0. The van der Waals surface area contributed by atoms with E-state index in [4.69, 9.17) is 0 Å². The number of para-hydroxylation sites is 1. The highest BCUT2D eigenvalue weighted by Gasteiger charge is 2.08. The van der Waals surface area contributed by atoms with Crippen molar-refractivity contribution in [3.63, 3.8) is 0 Å². The molecule has 0 aliphatic rings. The van der Waals surface area contributed by atoms with Gasteiger partial charge in [-0.25, -0.2) is 4.98 Å². The third kappa shape index (κ3) is 3.31. The van der Waals surface area contributed by atoms with Crippen LogP contribution in [0.5, 0.6) is 5.75 Å². The number of phenolic OH excluding ortho intramolecular Hbond substituents is 1. The SMILES string of the molecule is Cc1csc(CCNC(C)c2ccccc2O)n1. The molecule has 2 N–H and O–H groups in total. The molecule has 0 radical (unpaired) electrons. The molecule has 1 atom stereocenters. The third-order valence-corrected chi connectivity index (χ3v) is 3.89. The molecule has 0 spiro atoms. The fraction of sp³-hybridized carbons (Fsp3) is 0.357. The van der Waals surface area contributed by atoms with Crippen LogP contribution < -0.4 is 5.32 Å². The van der Waals surface area contributed by atoms with Gasteiger partial charge < -0.3 is 10.4 Å². The number of nitrogens with one attached hydrogen (secondary N) is 1. The maximum absolute atomic E-state index is 9.75. The zero-order chi connectivity index (χ0) is 13.0. The fourth-order valence-corrected chi connectivity index (χ4v) is 2.65. The molecule has 0 aliphatic carbocycles. The van der Waals surface area contributed by atoms with Crippen molar-refractivity contribution in [2.45, 2.75) is 26.3 Å². The molecule has 18 heavy (non-hydrogen) atoms. The Balaban J connectivity index is 1.85. The molecule has 2 rings (SSSR count). The lowest BCUT2D eigenvalue weighted by Gasteiger charge is -2.14. The Bertz CT molecular complexity index is 510. The molecule has 0 fully saturated rings. The monoisotopic (exact) mass is 262 g/mol. The predicted octanol–water partition coefficient (Wildman–Crippen LogP) is 3.05. The number of hydrogen-bond acceptors (Lipinski definition) is 4. The summed E-state index contributed by atoms with van der Waals surface area (Å²) in [5, 5.41) is 16.4. The van der Waals surface area contributed by atoms with Crippen molar-refractivity contribution >= 4 is 11.3 Å². The van der Waals surface area contributed by atoms with Crippen molar-refractivity contribution in [3.05, 3.63) is 45.9 Å². The van der Waals surface area contributed by atoms with Gasteiger partial charge in [0.1, 0.15) is 5.75 Å². The summed E-state index contributed by atoms with van der Waals surface area (Å²) in [4.78, 5) is 4.43. The number of thiazole rings is 1. The van der Waals surface area contributed by atoms with E-state index in [1.165, 1.54) is 0 Å². The topological polar surface area (TPSA) is 45.1 Å². The quantitative estimate of drug-likeness (QED) is 0.870. The van der Waals surface area contributed by atoms with E-state index in [2.05, 4.69) is 22.6 Å². The number of aryl methyl sites for hydroxylation is 1. The van der Waals surface area contributed by atoms with E-state index in [1.807, 2.05) is 25.1 Å². The maximum atomic E-state index is 9.75. The second-order valence-electron chi connectivity index (χ2n) is 4.37. The number of aromatic hydroxyl groups is 1. The average molecular weight is 262 g/mol. The first kappa shape index (κ1) is 13.1. The Morgan fingerprint density at radius 3 is 2.83 bits per heavy atom. The Hall–Kier alpha value is -1.39. The van der Waals surface area contributed by atoms with Crippen molar-refractivity contribution in [1.82, 2.24) is 10.3 Å². The van der Waals surface area contributed by atoms with Gasteiger partial charge in [0.05, 0.1) is 5.01 Å². The van der Waals surface area contributed by atoms with Gasteiger partial charge in [-0.15, -0.1) is 11.3 Å². The van der Waals surface area contributed by atoms with Crippen LogP contribution in [0.4, 0.5) is 0 Å². The number of aromatic nitrogens is 1. The Labute approximate surface area is 112 Å². The minimum atomic E-state index is 0.146. The maximum Gasteiger partial charge on any atom is 0.120 e. The van der Waals surface area contributed by atoms with Gasteiger partial charge in [-0.3, -0.25) is 0 Å². The minimum absolute atomic E-state index is 0.146. The molecule has 96 valence electrons. The fourth-order valence-electron chi connectivity index (χ4n) is 1.88. The first-order chi connectivity index (χ1) is 8.66. The predicted molar refractivity (Wildman–Crippen MR) is 75.1 cm³/mol. The summed E-state index contributed by atoms with van der Waals surface area (Å²) in [6.45, 7) is 4.93. The lowest BCUT2D eigenvalue weighted by Crippen LogP contribution is -2.21. The molecule has 1 unspecified atom stereocenters. The largest absolute Gasteiger partial charge is 0.508 e. The molecule has 0 bridgehead atoms. The summed E-state index contributed by atoms with van der Waals surface area (Å²) in [5.41, 5.74) is 2.02. The smallest absolute Gasteiger partial charge is 0.120 e. The van der Waals surface area contributed by atoms with Gasteiger partial charge in [-0.1, -0.05) is 18.2 Å². The van der Waals surface area contributed by atoms with E-state index >= 15 is 0 Å². The summed E-state index contributed by atoms with van der Waals surface area (Å²) in [5.74, 6) is 0.350. The molecule has 3 nitrogen and oxygen atoms in total. The zero-order valence-electron chi connectivity index (χ0n) is 10.7. The van der Waals surface area contributed by atoms with E-state index in [9.17, 15) is 5.11 Å². The second-order valence-corrected chi connectivity index (χ2v) is 5.31. The van der Waals surface area contributed by atoms with Gasteiger partial charge in [0.15, 0.2) is 0 Å². The molecule has 0 saturated carbocycles. The van der Waals surface area contributed by atoms with E-state index in [-0.39, 0.29) is 6.04 Å². The van der Waals surface area contributed by atoms with Gasteiger partial charge >= 0.3 is 0 Å². The Morgan fingerprint density at radius 1 is 1.39 bits per heavy atom. The lowest BCUT2D eigenvalue weighted by molar-refractivity contribution is 0.453. The molecule has 0 saturated heterocycles. The number of phenols is 1. The molecular weight excluding hydrogens is 244 g/mol. The molecular formula is C14H18N2OS. The first-order valence-electron chi connectivity index (χ1n) is 6.09. The van der Waals surface area contributed by atoms with Crippen molar-refractivity contribution in [2.24, 2.45) is 0 Å². The van der Waals surface area contributed by atoms with Gasteiger partial charge in [-0.05, 0) is 19.9 Å². The highest BCUT2D eigenvalue weighted by atomic mass is 32.1. The van der Waals surface area contributed by atoms with Crippen molar-refractivity contribution in [2.75, 3.05) is 6.54 Å². The van der Waals surface area contributed by atoms with Gasteiger partial charge in [0.2, 0.25) is 0 Å². The molecule has 2 aromatic rings. The standard InChI is InChI=1S/C14H18N2OS/c1-10-9-18-14(16-10)7-8-15-11(2)12-5-3-4-6-13(12)17/h3-6,9,11,15,17H,7-8H2,1-2H3. The van der Waals surface area contributed by atoms with Crippen LogP contribution in [0.3, 0.4) is 0 Å². The van der Waals surface area contributed by atoms with Gasteiger partial charge in [0.25, 0.3) is 0 Å². The summed E-state index contributed by atoms with van der Waals surface area (Å²) < 4.78 is 0. The van der Waals surface area contributed by atoms with Crippen LogP contribution >= 0.6 is 11.3 Å². The molecule has 0 aliphatic heterocycles. The number of nitrogens with zero attached hydrogens (tertiary/aromatic N) is 1. The van der Waals surface area contributed by atoms with Crippen LogP contribution in [0, 0.1) is 6.92 Å². The molecule has 4 heteroatoms. The zero-order valence-corrected chi connectivity index (χ0v) is 11.5. The first-order valence-corrected chi connectivity index (χ1v) is 6.97. The second kappa shape index (κ2) is 5.98. The van der Waals surface area contributed by atoms with E-state index in [0.717, 1.165) is 29.2 Å². The van der Waals surface area contributed by atoms with E-state index in [0.29, 0.717) is 5.75 Å². The Kier molecular flexibility index (Phi) is 4.33. The molecule has 1 aromatic carbocycles. The molecule has 0 amide bonds. The third-order valence-electron chi connectivity index (χ3n) is 2.86. The van der Waals surface area contributed by atoms with Gasteiger partial charge in [0, 0.05) is 35.6 Å². The van der Waals surface area contributed by atoms with Crippen molar-refractivity contribution in [3.8, 4) is 5.75 Å². The molecule has 1 heterocycles. The van der Waals surface area contributed by atoms with Gasteiger partial charge in [-0.2, -0.15) is 0 Å². The van der Waals surface area contributed by atoms with Crippen LogP contribution in [0.2, 0.25) is 0 Å².